The van der Waals surface area contributed by atoms with Crippen molar-refractivity contribution in [2.24, 2.45) is 0 Å². The van der Waals surface area contributed by atoms with Crippen molar-refractivity contribution >= 4 is 23.2 Å². The number of nitrogens with zero attached hydrogens (tertiary/aromatic N) is 3. The van der Waals surface area contributed by atoms with Crippen molar-refractivity contribution in [2.45, 2.75) is 20.3 Å². The number of anilines is 2. The maximum absolute atomic E-state index is 13.5. The highest BCUT2D eigenvalue weighted by molar-refractivity contribution is 6.12. The number of hydrogen-bond acceptors (Lipinski definition) is 5. The van der Waals surface area contributed by atoms with E-state index in [1.807, 2.05) is 43.4 Å². The Balaban J connectivity index is 1.86. The first-order chi connectivity index (χ1) is 16.0. The van der Waals surface area contributed by atoms with Crippen molar-refractivity contribution < 1.29 is 14.3 Å². The van der Waals surface area contributed by atoms with Crippen molar-refractivity contribution in [3.63, 3.8) is 0 Å². The number of rotatable bonds is 10. The molecule has 1 N–H and O–H groups in total. The lowest BCUT2D eigenvalue weighted by atomic mass is 10.0. The molecule has 1 aliphatic rings. The highest BCUT2D eigenvalue weighted by atomic mass is 16.5. The van der Waals surface area contributed by atoms with E-state index in [0.717, 1.165) is 51.5 Å². The van der Waals surface area contributed by atoms with Gasteiger partial charge in [0.1, 0.15) is 0 Å². The van der Waals surface area contributed by atoms with Crippen LogP contribution < -0.4 is 10.2 Å². The maximum Gasteiger partial charge on any atom is 0.257 e. The van der Waals surface area contributed by atoms with Crippen molar-refractivity contribution in [3.8, 4) is 0 Å². The number of nitrogens with one attached hydrogen (secondary N) is 1. The summed E-state index contributed by atoms with van der Waals surface area (Å²) < 4.78 is 5.41. The average Bonchev–Trinajstić information content (AvgIpc) is 2.86. The van der Waals surface area contributed by atoms with Crippen molar-refractivity contribution in [2.75, 3.05) is 69.7 Å². The number of likely N-dealkylation sites (N-methyl/N-ethyl adjacent to an activating group) is 1. The second-order valence-corrected chi connectivity index (χ2v) is 8.28. The number of ether oxygens (including phenoxy) is 1. The molecule has 1 aliphatic heterocycles. The number of morpholine rings is 1. The Bertz CT molecular complexity index is 913. The van der Waals surface area contributed by atoms with Crippen LogP contribution in [0, 0.1) is 0 Å². The Morgan fingerprint density at radius 2 is 1.67 bits per heavy atom. The van der Waals surface area contributed by atoms with Crippen LogP contribution in [0.5, 0.6) is 0 Å². The van der Waals surface area contributed by atoms with Crippen LogP contribution in [0.3, 0.4) is 0 Å². The highest BCUT2D eigenvalue weighted by Crippen LogP contribution is 2.28. The molecule has 0 atom stereocenters. The number of para-hydroxylation sites is 2. The SMILES string of the molecule is CCCN(CC)c1c(C(=O)Nc2ccccc2)cccc1C(=O)N(C)CCN1CCOCC1. The quantitative estimate of drug-likeness (QED) is 0.597. The maximum atomic E-state index is 13.5. The molecule has 7 nitrogen and oxygen atoms in total. The average molecular weight is 453 g/mol. The topological polar surface area (TPSA) is 65.1 Å². The predicted molar refractivity (Wildman–Crippen MR) is 133 cm³/mol. The first-order valence-electron chi connectivity index (χ1n) is 11.8. The van der Waals surface area contributed by atoms with Crippen LogP contribution in [0.4, 0.5) is 11.4 Å². The molecule has 7 heteroatoms. The van der Waals surface area contributed by atoms with Crippen LogP contribution in [0.1, 0.15) is 41.0 Å². The van der Waals surface area contributed by atoms with Gasteiger partial charge in [-0.05, 0) is 37.6 Å². The third-order valence-corrected chi connectivity index (χ3v) is 5.94. The fourth-order valence-corrected chi connectivity index (χ4v) is 4.08. The van der Waals surface area contributed by atoms with E-state index in [9.17, 15) is 9.59 Å². The zero-order valence-corrected chi connectivity index (χ0v) is 20.0. The Labute approximate surface area is 197 Å². The van der Waals surface area contributed by atoms with Crippen molar-refractivity contribution in [1.29, 1.82) is 0 Å². The lowest BCUT2D eigenvalue weighted by molar-refractivity contribution is 0.0338. The molecule has 0 spiro atoms. The summed E-state index contributed by atoms with van der Waals surface area (Å²) in [7, 11) is 1.83. The van der Waals surface area contributed by atoms with Gasteiger partial charge in [-0.3, -0.25) is 14.5 Å². The molecule has 178 valence electrons. The molecule has 3 rings (SSSR count). The lowest BCUT2D eigenvalue weighted by Crippen LogP contribution is -2.42. The smallest absolute Gasteiger partial charge is 0.257 e. The molecule has 0 radical (unpaired) electrons. The van der Waals surface area contributed by atoms with Gasteiger partial charge in [-0.25, -0.2) is 0 Å². The van der Waals surface area contributed by atoms with Crippen LogP contribution in [-0.2, 0) is 4.74 Å². The molecule has 0 unspecified atom stereocenters. The van der Waals surface area contributed by atoms with E-state index in [4.69, 9.17) is 4.74 Å². The van der Waals surface area contributed by atoms with Gasteiger partial charge < -0.3 is 19.9 Å². The summed E-state index contributed by atoms with van der Waals surface area (Å²) in [4.78, 5) is 33.0. The molecule has 2 amide bonds. The largest absolute Gasteiger partial charge is 0.379 e. The standard InChI is InChI=1S/C26H36N4O3/c1-4-14-30(5-2)24-22(25(31)27-21-10-7-6-8-11-21)12-9-13-23(24)26(32)28(3)15-16-29-17-19-33-20-18-29/h6-13H,4-5,14-20H2,1-3H3,(H,27,31). The summed E-state index contributed by atoms with van der Waals surface area (Å²) in [5, 5.41) is 2.97. The monoisotopic (exact) mass is 452 g/mol. The van der Waals surface area contributed by atoms with E-state index in [2.05, 4.69) is 29.0 Å². The molecule has 0 aliphatic carbocycles. The first-order valence-corrected chi connectivity index (χ1v) is 11.8. The van der Waals surface area contributed by atoms with Gasteiger partial charge in [-0.15, -0.1) is 0 Å². The molecular formula is C26H36N4O3. The summed E-state index contributed by atoms with van der Waals surface area (Å²) in [6.45, 7) is 10.3. The summed E-state index contributed by atoms with van der Waals surface area (Å²) >= 11 is 0. The Hall–Kier alpha value is -2.90. The van der Waals surface area contributed by atoms with Crippen molar-refractivity contribution in [1.82, 2.24) is 9.80 Å². The van der Waals surface area contributed by atoms with E-state index >= 15 is 0 Å². The van der Waals surface area contributed by atoms with Gasteiger partial charge in [0.25, 0.3) is 11.8 Å². The molecule has 0 bridgehead atoms. The third-order valence-electron chi connectivity index (χ3n) is 5.94. The van der Waals surface area contributed by atoms with Gasteiger partial charge >= 0.3 is 0 Å². The minimum absolute atomic E-state index is 0.0674. The van der Waals surface area contributed by atoms with Crippen LogP contribution in [0.2, 0.25) is 0 Å². The molecule has 0 aromatic heterocycles. The highest BCUT2D eigenvalue weighted by Gasteiger charge is 2.25. The van der Waals surface area contributed by atoms with Gasteiger partial charge in [0.15, 0.2) is 0 Å². The van der Waals surface area contributed by atoms with Gasteiger partial charge in [-0.1, -0.05) is 31.2 Å². The number of carbonyl (C=O) groups is 2. The number of benzene rings is 2. The molecule has 1 fully saturated rings. The number of amides is 2. The third kappa shape index (κ3) is 6.55. The second kappa shape index (κ2) is 12.4. The van der Waals surface area contributed by atoms with Crippen molar-refractivity contribution in [3.05, 3.63) is 59.7 Å². The van der Waals surface area contributed by atoms with E-state index in [1.165, 1.54) is 0 Å². The van der Waals surface area contributed by atoms with Gasteiger partial charge in [0.2, 0.25) is 0 Å². The predicted octanol–water partition coefficient (Wildman–Crippen LogP) is 3.58. The number of hydrogen-bond donors (Lipinski definition) is 1. The van der Waals surface area contributed by atoms with Crippen LogP contribution >= 0.6 is 0 Å². The van der Waals surface area contributed by atoms with Crippen LogP contribution in [-0.4, -0.2) is 81.1 Å². The number of carbonyl (C=O) groups excluding carboxylic acids is 2. The Morgan fingerprint density at radius 1 is 0.970 bits per heavy atom. The molecule has 1 heterocycles. The molecule has 1 saturated heterocycles. The molecular weight excluding hydrogens is 416 g/mol. The second-order valence-electron chi connectivity index (χ2n) is 8.28. The first kappa shape index (κ1) is 24.7. The molecule has 2 aromatic carbocycles. The minimum Gasteiger partial charge on any atom is -0.379 e. The molecule has 2 aromatic rings. The summed E-state index contributed by atoms with van der Waals surface area (Å²) in [5.41, 5.74) is 2.52. The fraction of sp³-hybridized carbons (Fsp3) is 0.462. The van der Waals surface area contributed by atoms with E-state index in [1.54, 1.807) is 17.0 Å². The fourth-order valence-electron chi connectivity index (χ4n) is 4.08. The zero-order valence-electron chi connectivity index (χ0n) is 20.0. The van der Waals surface area contributed by atoms with Gasteiger partial charge in [-0.2, -0.15) is 0 Å². The summed E-state index contributed by atoms with van der Waals surface area (Å²) in [5.74, 6) is -0.279. The molecule has 0 saturated carbocycles. The normalized spacial score (nSPS) is 14.0. The summed E-state index contributed by atoms with van der Waals surface area (Å²) in [6, 6.07) is 14.8. The minimum atomic E-state index is -0.212. The lowest BCUT2D eigenvalue weighted by Gasteiger charge is -2.30. The van der Waals surface area contributed by atoms with Gasteiger partial charge in [0, 0.05) is 52.0 Å². The molecule has 33 heavy (non-hydrogen) atoms. The van der Waals surface area contributed by atoms with Gasteiger partial charge in [0.05, 0.1) is 30.0 Å². The van der Waals surface area contributed by atoms with Crippen LogP contribution in [0.25, 0.3) is 0 Å². The summed E-state index contributed by atoms with van der Waals surface area (Å²) in [6.07, 6.45) is 0.920. The Morgan fingerprint density at radius 3 is 2.33 bits per heavy atom. The van der Waals surface area contributed by atoms with E-state index in [-0.39, 0.29) is 11.8 Å². The van der Waals surface area contributed by atoms with E-state index in [0.29, 0.717) is 29.9 Å². The zero-order chi connectivity index (χ0) is 23.6. The Kier molecular flexibility index (Phi) is 9.27. The van der Waals surface area contributed by atoms with E-state index < -0.39 is 0 Å². The van der Waals surface area contributed by atoms with Crippen LogP contribution in [0.15, 0.2) is 48.5 Å².